The fourth-order valence-corrected chi connectivity index (χ4v) is 5.60. The molecule has 25 heavy (non-hydrogen) atoms. The highest BCUT2D eigenvalue weighted by Gasteiger charge is 2.52. The molecule has 4 heterocycles. The van der Waals surface area contributed by atoms with Gasteiger partial charge in [0.15, 0.2) is 0 Å². The molecule has 5 nitrogen and oxygen atoms in total. The first-order valence-corrected chi connectivity index (χ1v) is 9.87. The summed E-state index contributed by atoms with van der Waals surface area (Å²) in [4.78, 5) is 17.0. The molecular weight excluding hydrogens is 316 g/mol. The molecule has 0 N–H and O–H groups in total. The maximum absolute atomic E-state index is 12.5. The van der Waals surface area contributed by atoms with Gasteiger partial charge in [0.2, 0.25) is 0 Å². The van der Waals surface area contributed by atoms with Crippen molar-refractivity contribution < 1.29 is 14.3 Å². The Kier molecular flexibility index (Phi) is 4.35. The van der Waals surface area contributed by atoms with Crippen molar-refractivity contribution in [3.63, 3.8) is 0 Å². The average molecular weight is 348 g/mol. The molecular formula is C20H32N2O3. The maximum Gasteiger partial charge on any atom is 0.409 e. The van der Waals surface area contributed by atoms with Gasteiger partial charge in [-0.1, -0.05) is 26.0 Å². The molecule has 0 bridgehead atoms. The van der Waals surface area contributed by atoms with Gasteiger partial charge in [-0.15, -0.1) is 0 Å². The fraction of sp³-hybridized carbons (Fsp3) is 0.850. The van der Waals surface area contributed by atoms with Crippen LogP contribution in [0.2, 0.25) is 0 Å². The molecule has 140 valence electrons. The average Bonchev–Trinajstić information content (AvgIpc) is 3.31. The first-order chi connectivity index (χ1) is 11.9. The van der Waals surface area contributed by atoms with Crippen LogP contribution >= 0.6 is 0 Å². The van der Waals surface area contributed by atoms with Crippen molar-refractivity contribution in [2.75, 3.05) is 39.5 Å². The Labute approximate surface area is 151 Å². The van der Waals surface area contributed by atoms with Crippen molar-refractivity contribution in [1.29, 1.82) is 0 Å². The second-order valence-corrected chi connectivity index (χ2v) is 9.06. The first-order valence-electron chi connectivity index (χ1n) is 9.87. The van der Waals surface area contributed by atoms with Gasteiger partial charge < -0.3 is 14.4 Å². The van der Waals surface area contributed by atoms with Gasteiger partial charge in [0.1, 0.15) is 6.61 Å². The van der Waals surface area contributed by atoms with E-state index >= 15 is 0 Å². The predicted molar refractivity (Wildman–Crippen MR) is 96.5 cm³/mol. The highest BCUT2D eigenvalue weighted by molar-refractivity contribution is 5.68. The van der Waals surface area contributed by atoms with Crippen LogP contribution < -0.4 is 0 Å². The van der Waals surface area contributed by atoms with Crippen LogP contribution in [0.15, 0.2) is 12.2 Å². The van der Waals surface area contributed by atoms with Crippen LogP contribution in [0.1, 0.15) is 46.0 Å². The predicted octanol–water partition coefficient (Wildman–Crippen LogP) is 3.05. The molecule has 1 amide bonds. The third kappa shape index (κ3) is 2.89. The summed E-state index contributed by atoms with van der Waals surface area (Å²) < 4.78 is 11.3. The van der Waals surface area contributed by atoms with Crippen molar-refractivity contribution >= 4 is 6.09 Å². The smallest absolute Gasteiger partial charge is 0.409 e. The van der Waals surface area contributed by atoms with Crippen LogP contribution in [-0.2, 0) is 9.47 Å². The number of hydrogen-bond acceptors (Lipinski definition) is 4. The van der Waals surface area contributed by atoms with Gasteiger partial charge in [-0.25, -0.2) is 4.79 Å². The molecule has 4 aliphatic heterocycles. The number of hydrogen-bond donors (Lipinski definition) is 0. The number of likely N-dealkylation sites (tertiary alicyclic amines) is 1. The van der Waals surface area contributed by atoms with Gasteiger partial charge in [-0.2, -0.15) is 0 Å². The van der Waals surface area contributed by atoms with Crippen molar-refractivity contribution in [3.05, 3.63) is 12.2 Å². The zero-order chi connectivity index (χ0) is 17.7. The largest absolute Gasteiger partial charge is 0.448 e. The lowest BCUT2D eigenvalue weighted by Gasteiger charge is -2.38. The topological polar surface area (TPSA) is 42.0 Å². The maximum atomic E-state index is 12.5. The summed E-state index contributed by atoms with van der Waals surface area (Å²) >= 11 is 0. The van der Waals surface area contributed by atoms with Crippen LogP contribution in [-0.4, -0.2) is 66.9 Å². The van der Waals surface area contributed by atoms with E-state index in [1.165, 1.54) is 12.0 Å². The third-order valence-corrected chi connectivity index (χ3v) is 7.23. The summed E-state index contributed by atoms with van der Waals surface area (Å²) in [5.41, 5.74) is 1.77. The van der Waals surface area contributed by atoms with Crippen molar-refractivity contribution in [2.24, 2.45) is 11.3 Å². The Bertz CT molecular complexity index is 555. The van der Waals surface area contributed by atoms with Gasteiger partial charge in [-0.05, 0) is 38.0 Å². The minimum absolute atomic E-state index is 0.135. The molecule has 4 aliphatic rings. The molecule has 0 saturated carbocycles. The number of carbonyl (C=O) groups excluding carboxylic acids is 1. The number of ether oxygens (including phenoxy) is 2. The summed E-state index contributed by atoms with van der Waals surface area (Å²) in [5, 5.41) is 0. The summed E-state index contributed by atoms with van der Waals surface area (Å²) in [7, 11) is 0. The van der Waals surface area contributed by atoms with Gasteiger partial charge in [0.05, 0.1) is 6.61 Å². The third-order valence-electron chi connectivity index (χ3n) is 7.23. The number of rotatable bonds is 3. The Hall–Kier alpha value is -1.07. The van der Waals surface area contributed by atoms with Gasteiger partial charge >= 0.3 is 6.09 Å². The second kappa shape index (κ2) is 6.27. The van der Waals surface area contributed by atoms with E-state index in [1.807, 2.05) is 4.90 Å². The number of amides is 1. The normalized spacial score (nSPS) is 38.3. The monoisotopic (exact) mass is 348 g/mol. The molecule has 3 unspecified atom stereocenters. The lowest BCUT2D eigenvalue weighted by atomic mass is 9.82. The fourth-order valence-electron chi connectivity index (χ4n) is 5.60. The van der Waals surface area contributed by atoms with Crippen LogP contribution in [0.4, 0.5) is 4.79 Å². The molecule has 5 heteroatoms. The molecule has 0 radical (unpaired) electrons. The van der Waals surface area contributed by atoms with Crippen molar-refractivity contribution in [3.8, 4) is 0 Å². The van der Waals surface area contributed by atoms with E-state index in [2.05, 4.69) is 25.3 Å². The first kappa shape index (κ1) is 17.3. The minimum atomic E-state index is -0.135. The Morgan fingerprint density at radius 3 is 2.96 bits per heavy atom. The molecule has 4 fully saturated rings. The summed E-state index contributed by atoms with van der Waals surface area (Å²) in [6.07, 6.45) is 5.40. The van der Waals surface area contributed by atoms with Gasteiger partial charge in [0.25, 0.3) is 0 Å². The van der Waals surface area contributed by atoms with E-state index in [9.17, 15) is 4.79 Å². The Balaban J connectivity index is 1.33. The standard InChI is InChI=1S/C20H32N2O3/c1-15(2)20-5-4-17(22(20)11-16(3)10-20)12-25-18(23)21-8-6-19(13-21)7-9-24-14-19/h15,17H,3-14H2,1-2H3. The van der Waals surface area contributed by atoms with Crippen LogP contribution in [0.3, 0.4) is 0 Å². The van der Waals surface area contributed by atoms with Crippen LogP contribution in [0.25, 0.3) is 0 Å². The SMILES string of the molecule is C=C1CN2C(COC(=O)N3CCC4(CCOC4)C3)CCC2(C(C)C)C1. The van der Waals surface area contributed by atoms with E-state index in [4.69, 9.17) is 9.47 Å². The van der Waals surface area contributed by atoms with Crippen molar-refractivity contribution in [2.45, 2.75) is 57.5 Å². The van der Waals surface area contributed by atoms with Gasteiger partial charge in [-0.3, -0.25) is 4.90 Å². The number of carbonyl (C=O) groups is 1. The lowest BCUT2D eigenvalue weighted by Crippen LogP contribution is -2.47. The molecule has 0 aliphatic carbocycles. The summed E-state index contributed by atoms with van der Waals surface area (Å²) in [6.45, 7) is 13.6. The Morgan fingerprint density at radius 2 is 2.24 bits per heavy atom. The van der Waals surface area contributed by atoms with Crippen molar-refractivity contribution in [1.82, 2.24) is 9.80 Å². The van der Waals surface area contributed by atoms with Gasteiger partial charge in [0, 0.05) is 43.2 Å². The highest BCUT2D eigenvalue weighted by Crippen LogP contribution is 2.48. The number of nitrogens with zero attached hydrogens (tertiary/aromatic N) is 2. The quantitative estimate of drug-likeness (QED) is 0.735. The molecule has 0 aromatic rings. The van der Waals surface area contributed by atoms with E-state index in [0.29, 0.717) is 18.6 Å². The van der Waals surface area contributed by atoms with E-state index in [1.54, 1.807) is 0 Å². The molecule has 0 aromatic heterocycles. The van der Waals surface area contributed by atoms with Crippen LogP contribution in [0.5, 0.6) is 0 Å². The lowest BCUT2D eigenvalue weighted by molar-refractivity contribution is 0.0494. The molecule has 0 aromatic carbocycles. The van der Waals surface area contributed by atoms with E-state index in [-0.39, 0.29) is 17.0 Å². The number of fused-ring (bicyclic) bond motifs is 1. The van der Waals surface area contributed by atoms with Crippen LogP contribution in [0, 0.1) is 11.3 Å². The Morgan fingerprint density at radius 1 is 1.40 bits per heavy atom. The highest BCUT2D eigenvalue weighted by atomic mass is 16.6. The zero-order valence-corrected chi connectivity index (χ0v) is 15.8. The molecule has 4 rings (SSSR count). The molecule has 4 saturated heterocycles. The zero-order valence-electron chi connectivity index (χ0n) is 15.8. The molecule has 3 atom stereocenters. The van der Waals surface area contributed by atoms with E-state index < -0.39 is 0 Å². The van der Waals surface area contributed by atoms with E-state index in [0.717, 1.165) is 58.5 Å². The summed E-state index contributed by atoms with van der Waals surface area (Å²) in [5.74, 6) is 0.605. The second-order valence-electron chi connectivity index (χ2n) is 9.06. The summed E-state index contributed by atoms with van der Waals surface area (Å²) in [6, 6.07) is 0.344. The molecule has 1 spiro atoms. The minimum Gasteiger partial charge on any atom is -0.448 e.